The van der Waals surface area contributed by atoms with Gasteiger partial charge in [0.05, 0.1) is 16.7 Å². The summed E-state index contributed by atoms with van der Waals surface area (Å²) in [5, 5.41) is 2.80. The molecule has 1 N–H and O–H groups in total. The third kappa shape index (κ3) is 4.43. The quantitative estimate of drug-likeness (QED) is 0.769. The van der Waals surface area contributed by atoms with Crippen LogP contribution in [0.2, 0.25) is 14.4 Å². The van der Waals surface area contributed by atoms with E-state index in [-0.39, 0.29) is 25.9 Å². The van der Waals surface area contributed by atoms with E-state index < -0.39 is 17.9 Å². The Kier molecular flexibility index (Phi) is 7.47. The van der Waals surface area contributed by atoms with Gasteiger partial charge in [0.25, 0.3) is 5.91 Å². The molecule has 0 fully saturated rings. The third-order valence-electron chi connectivity index (χ3n) is 2.17. The van der Waals surface area contributed by atoms with Gasteiger partial charge in [-0.25, -0.2) is 4.79 Å². The van der Waals surface area contributed by atoms with Crippen LogP contribution in [0.5, 0.6) is 0 Å². The smallest absolute Gasteiger partial charge is 0.329 e. The Morgan fingerprint density at radius 3 is 2.45 bits per heavy atom. The first-order valence-corrected chi connectivity index (χ1v) is 8.86. The molecule has 4 nitrogen and oxygen atoms in total. The van der Waals surface area contributed by atoms with Crippen molar-refractivity contribution in [3.63, 3.8) is 0 Å². The average molecular weight is 377 g/mol. The zero-order valence-electron chi connectivity index (χ0n) is 10.7. The summed E-state index contributed by atoms with van der Waals surface area (Å²) >= 11 is 19.9. The second kappa shape index (κ2) is 8.34. The Morgan fingerprint density at radius 1 is 1.35 bits per heavy atom. The minimum atomic E-state index is -0.742. The van der Waals surface area contributed by atoms with E-state index in [2.05, 4.69) is 5.32 Å². The monoisotopic (exact) mass is 375 g/mol. The fourth-order valence-electron chi connectivity index (χ4n) is 1.31. The second-order valence-corrected chi connectivity index (χ2v) is 6.86. The summed E-state index contributed by atoms with van der Waals surface area (Å²) in [4.78, 5) is 24.0. The number of thioether (sulfide) groups is 1. The highest BCUT2D eigenvalue weighted by Gasteiger charge is 2.26. The Labute approximate surface area is 140 Å². The predicted molar refractivity (Wildman–Crippen MR) is 85.6 cm³/mol. The summed E-state index contributed by atoms with van der Waals surface area (Å²) in [5.74, 6) is -0.587. The molecule has 9 heteroatoms. The van der Waals surface area contributed by atoms with Gasteiger partial charge < -0.3 is 10.1 Å². The van der Waals surface area contributed by atoms with Crippen LogP contribution in [0, 0.1) is 0 Å². The molecule has 20 heavy (non-hydrogen) atoms. The van der Waals surface area contributed by atoms with Crippen molar-refractivity contribution < 1.29 is 14.3 Å². The normalized spacial score (nSPS) is 12.1. The standard InChI is InChI=1S/C11H12Cl3NO3S2/c1-3-18-11(17)5(4-19-2)15-10(16)8-6(12)7(13)9(14)20-8/h5H,3-4H2,1-2H3,(H,15,16). The molecule has 0 saturated carbocycles. The lowest BCUT2D eigenvalue weighted by Crippen LogP contribution is -2.43. The van der Waals surface area contributed by atoms with E-state index >= 15 is 0 Å². The van der Waals surface area contributed by atoms with Crippen LogP contribution in [0.25, 0.3) is 0 Å². The van der Waals surface area contributed by atoms with E-state index in [1.165, 1.54) is 11.8 Å². The molecule has 1 rings (SSSR count). The number of amides is 1. The Balaban J connectivity index is 2.85. The van der Waals surface area contributed by atoms with Gasteiger partial charge >= 0.3 is 5.97 Å². The molecule has 0 radical (unpaired) electrons. The van der Waals surface area contributed by atoms with Crippen molar-refractivity contribution in [1.29, 1.82) is 0 Å². The zero-order chi connectivity index (χ0) is 15.3. The van der Waals surface area contributed by atoms with Crippen LogP contribution < -0.4 is 5.32 Å². The Morgan fingerprint density at radius 2 is 2.00 bits per heavy atom. The van der Waals surface area contributed by atoms with Crippen LogP contribution >= 0.6 is 57.9 Å². The largest absolute Gasteiger partial charge is 0.464 e. The molecule has 0 aliphatic carbocycles. The van der Waals surface area contributed by atoms with Crippen molar-refractivity contribution in [3.05, 3.63) is 19.3 Å². The van der Waals surface area contributed by atoms with Crippen LogP contribution in [0.1, 0.15) is 16.6 Å². The van der Waals surface area contributed by atoms with Crippen LogP contribution in [-0.4, -0.2) is 36.5 Å². The number of halogens is 3. The summed E-state index contributed by atoms with van der Waals surface area (Å²) in [5.41, 5.74) is 0. The fourth-order valence-corrected chi connectivity index (χ4v) is 3.57. The Hall–Kier alpha value is -0.140. The van der Waals surface area contributed by atoms with Crippen molar-refractivity contribution >= 4 is 69.8 Å². The molecule has 0 bridgehead atoms. The predicted octanol–water partition coefficient (Wildman–Crippen LogP) is 3.73. The van der Waals surface area contributed by atoms with Gasteiger partial charge in [0.2, 0.25) is 0 Å². The van der Waals surface area contributed by atoms with Crippen molar-refractivity contribution in [2.45, 2.75) is 13.0 Å². The number of thiophene rings is 1. The molecule has 1 unspecified atom stereocenters. The molecule has 0 aliphatic heterocycles. The van der Waals surface area contributed by atoms with Crippen molar-refractivity contribution in [3.8, 4) is 0 Å². The minimum absolute atomic E-state index is 0.0888. The third-order valence-corrected chi connectivity index (χ3v) is 5.41. The topological polar surface area (TPSA) is 55.4 Å². The van der Waals surface area contributed by atoms with E-state index in [0.717, 1.165) is 11.3 Å². The molecule has 112 valence electrons. The minimum Gasteiger partial charge on any atom is -0.464 e. The number of esters is 1. The van der Waals surface area contributed by atoms with Gasteiger partial charge in [0.15, 0.2) is 0 Å². The molecule has 1 heterocycles. The van der Waals surface area contributed by atoms with Gasteiger partial charge in [-0.3, -0.25) is 4.79 Å². The second-order valence-electron chi connectivity index (χ2n) is 3.57. The van der Waals surface area contributed by atoms with Crippen molar-refractivity contribution in [2.75, 3.05) is 18.6 Å². The molecule has 1 atom stereocenters. The zero-order valence-corrected chi connectivity index (χ0v) is 14.6. The summed E-state index contributed by atoms with van der Waals surface area (Å²) in [6.45, 7) is 1.95. The number of nitrogens with one attached hydrogen (secondary N) is 1. The molecule has 0 aromatic carbocycles. The molecule has 1 aromatic rings. The van der Waals surface area contributed by atoms with Gasteiger partial charge in [0.1, 0.15) is 15.3 Å². The van der Waals surface area contributed by atoms with E-state index in [4.69, 9.17) is 39.5 Å². The Bertz CT molecular complexity index is 507. The lowest BCUT2D eigenvalue weighted by Gasteiger charge is -2.15. The maximum Gasteiger partial charge on any atom is 0.329 e. The fraction of sp³-hybridized carbons (Fsp3) is 0.455. The van der Waals surface area contributed by atoms with Gasteiger partial charge in [0, 0.05) is 5.75 Å². The van der Waals surface area contributed by atoms with Crippen LogP contribution in [0.3, 0.4) is 0 Å². The summed E-state index contributed by atoms with van der Waals surface area (Å²) in [7, 11) is 0. The lowest BCUT2D eigenvalue weighted by atomic mass is 10.3. The van der Waals surface area contributed by atoms with Gasteiger partial charge in [-0.1, -0.05) is 34.8 Å². The van der Waals surface area contributed by atoms with E-state index in [0.29, 0.717) is 5.75 Å². The van der Waals surface area contributed by atoms with Crippen molar-refractivity contribution in [1.82, 2.24) is 5.32 Å². The lowest BCUT2D eigenvalue weighted by molar-refractivity contribution is -0.144. The summed E-state index contributed by atoms with van der Waals surface area (Å²) in [6, 6.07) is -0.742. The maximum absolute atomic E-state index is 12.1. The average Bonchev–Trinajstić information content (AvgIpc) is 2.66. The molecule has 1 aromatic heterocycles. The van der Waals surface area contributed by atoms with E-state index in [1.807, 2.05) is 6.26 Å². The summed E-state index contributed by atoms with van der Waals surface area (Å²) < 4.78 is 5.14. The first-order valence-electron chi connectivity index (χ1n) is 5.52. The number of carbonyl (C=O) groups is 2. The first kappa shape index (κ1) is 17.9. The van der Waals surface area contributed by atoms with Crippen molar-refractivity contribution in [2.24, 2.45) is 0 Å². The molecule has 0 saturated heterocycles. The van der Waals surface area contributed by atoms with Gasteiger partial charge in [-0.15, -0.1) is 11.3 Å². The van der Waals surface area contributed by atoms with Gasteiger partial charge in [-0.05, 0) is 13.2 Å². The van der Waals surface area contributed by atoms with Crippen LogP contribution in [0.4, 0.5) is 0 Å². The summed E-state index contributed by atoms with van der Waals surface area (Å²) in [6.07, 6.45) is 1.82. The number of carbonyl (C=O) groups excluding carboxylic acids is 2. The SMILES string of the molecule is CCOC(=O)C(CSC)NC(=O)c1sc(Cl)c(Cl)c1Cl. The maximum atomic E-state index is 12.1. The molecule has 0 aliphatic rings. The number of hydrogen-bond acceptors (Lipinski definition) is 5. The van der Waals surface area contributed by atoms with E-state index in [9.17, 15) is 9.59 Å². The highest BCUT2D eigenvalue weighted by atomic mass is 35.5. The highest BCUT2D eigenvalue weighted by Crippen LogP contribution is 2.40. The van der Waals surface area contributed by atoms with Gasteiger partial charge in [-0.2, -0.15) is 11.8 Å². The number of hydrogen-bond donors (Lipinski definition) is 1. The first-order chi connectivity index (χ1) is 9.42. The molecular formula is C11H12Cl3NO3S2. The van der Waals surface area contributed by atoms with Crippen LogP contribution in [0.15, 0.2) is 0 Å². The molecule has 1 amide bonds. The molecular weight excluding hydrogens is 365 g/mol. The highest BCUT2D eigenvalue weighted by molar-refractivity contribution is 7.98. The molecule has 0 spiro atoms. The number of rotatable bonds is 6. The van der Waals surface area contributed by atoms with Crippen LogP contribution in [-0.2, 0) is 9.53 Å². The van der Waals surface area contributed by atoms with E-state index in [1.54, 1.807) is 6.92 Å². The number of ether oxygens (including phenoxy) is 1.